The van der Waals surface area contributed by atoms with Gasteiger partial charge in [-0.05, 0) is 17.9 Å². The second-order valence-electron chi connectivity index (χ2n) is 6.21. The van der Waals surface area contributed by atoms with Gasteiger partial charge in [-0.1, -0.05) is 44.2 Å². The molecule has 2 N–H and O–H groups in total. The lowest BCUT2D eigenvalue weighted by Crippen LogP contribution is -2.47. The Kier molecular flexibility index (Phi) is 5.76. The normalized spacial score (nSPS) is 18.6. The molecule has 0 radical (unpaired) electrons. The van der Waals surface area contributed by atoms with Crippen LogP contribution in [0.25, 0.3) is 0 Å². The zero-order chi connectivity index (χ0) is 15.2. The van der Waals surface area contributed by atoms with Crippen LogP contribution >= 0.6 is 0 Å². The van der Waals surface area contributed by atoms with Crippen molar-refractivity contribution in [3.8, 4) is 0 Å². The Morgan fingerprint density at radius 1 is 1.14 bits per heavy atom. The molecule has 1 aliphatic heterocycles. The van der Waals surface area contributed by atoms with E-state index in [9.17, 15) is 4.79 Å². The summed E-state index contributed by atoms with van der Waals surface area (Å²) in [5.41, 5.74) is 7.33. The van der Waals surface area contributed by atoms with Crippen LogP contribution in [-0.2, 0) is 11.3 Å². The zero-order valence-electron chi connectivity index (χ0n) is 13.2. The highest BCUT2D eigenvalue weighted by molar-refractivity contribution is 5.81. The molecule has 2 rings (SSSR count). The fraction of sp³-hybridized carbons (Fsp3) is 0.588. The van der Waals surface area contributed by atoms with E-state index in [-0.39, 0.29) is 17.9 Å². The molecule has 1 aliphatic rings. The second-order valence-corrected chi connectivity index (χ2v) is 6.21. The van der Waals surface area contributed by atoms with E-state index in [0.717, 1.165) is 39.1 Å². The standard InChI is InChI=1S/C17H27N3O/c1-14(2)16(18)17(21)20-10-6-9-19(11-12-20)13-15-7-4-3-5-8-15/h3-5,7-8,14,16H,6,9-13,18H2,1-2H3/t16-/m0/s1. The van der Waals surface area contributed by atoms with Gasteiger partial charge in [-0.2, -0.15) is 0 Å². The van der Waals surface area contributed by atoms with E-state index in [1.54, 1.807) is 0 Å². The summed E-state index contributed by atoms with van der Waals surface area (Å²) in [5.74, 6) is 0.299. The van der Waals surface area contributed by atoms with Gasteiger partial charge in [0.2, 0.25) is 5.91 Å². The summed E-state index contributed by atoms with van der Waals surface area (Å²) in [6, 6.07) is 10.1. The van der Waals surface area contributed by atoms with Gasteiger partial charge in [0.15, 0.2) is 0 Å². The summed E-state index contributed by atoms with van der Waals surface area (Å²) in [5, 5.41) is 0. The summed E-state index contributed by atoms with van der Waals surface area (Å²) in [4.78, 5) is 16.7. The molecule has 1 aromatic carbocycles. The first-order valence-corrected chi connectivity index (χ1v) is 7.88. The smallest absolute Gasteiger partial charge is 0.239 e. The van der Waals surface area contributed by atoms with E-state index < -0.39 is 0 Å². The van der Waals surface area contributed by atoms with Crippen LogP contribution < -0.4 is 5.73 Å². The number of rotatable bonds is 4. The molecule has 1 saturated heterocycles. The van der Waals surface area contributed by atoms with Crippen molar-refractivity contribution in [2.24, 2.45) is 11.7 Å². The molecule has 1 atom stereocenters. The first kappa shape index (κ1) is 16.0. The Labute approximate surface area is 127 Å². The summed E-state index contributed by atoms with van der Waals surface area (Å²) in [7, 11) is 0. The Morgan fingerprint density at radius 3 is 2.52 bits per heavy atom. The molecule has 1 heterocycles. The van der Waals surface area contributed by atoms with Gasteiger partial charge in [0.25, 0.3) is 0 Å². The molecular weight excluding hydrogens is 262 g/mol. The quantitative estimate of drug-likeness (QED) is 0.918. The van der Waals surface area contributed by atoms with E-state index in [1.807, 2.05) is 24.8 Å². The fourth-order valence-electron chi connectivity index (χ4n) is 2.69. The van der Waals surface area contributed by atoms with Crippen LogP contribution in [0.2, 0.25) is 0 Å². The van der Waals surface area contributed by atoms with Gasteiger partial charge in [0.1, 0.15) is 0 Å². The molecule has 0 unspecified atom stereocenters. The van der Waals surface area contributed by atoms with Gasteiger partial charge >= 0.3 is 0 Å². The van der Waals surface area contributed by atoms with Crippen molar-refractivity contribution in [1.82, 2.24) is 9.80 Å². The summed E-state index contributed by atoms with van der Waals surface area (Å²) in [6.07, 6.45) is 1.02. The molecule has 0 bridgehead atoms. The van der Waals surface area contributed by atoms with Crippen LogP contribution in [-0.4, -0.2) is 47.9 Å². The van der Waals surface area contributed by atoms with Gasteiger partial charge in [-0.3, -0.25) is 9.69 Å². The largest absolute Gasteiger partial charge is 0.340 e. The Balaban J connectivity index is 1.88. The minimum absolute atomic E-state index is 0.103. The maximum Gasteiger partial charge on any atom is 0.239 e. The highest BCUT2D eigenvalue weighted by Crippen LogP contribution is 2.11. The third kappa shape index (κ3) is 4.55. The first-order chi connectivity index (χ1) is 10.1. The van der Waals surface area contributed by atoms with E-state index in [4.69, 9.17) is 5.73 Å². The summed E-state index contributed by atoms with van der Waals surface area (Å²) < 4.78 is 0. The number of nitrogens with zero attached hydrogens (tertiary/aromatic N) is 2. The molecular formula is C17H27N3O. The number of hydrogen-bond acceptors (Lipinski definition) is 3. The van der Waals surface area contributed by atoms with Crippen LogP contribution in [0.15, 0.2) is 30.3 Å². The molecule has 0 aliphatic carbocycles. The molecule has 0 saturated carbocycles. The molecule has 4 nitrogen and oxygen atoms in total. The topological polar surface area (TPSA) is 49.6 Å². The maximum absolute atomic E-state index is 12.3. The van der Waals surface area contributed by atoms with E-state index in [0.29, 0.717) is 0 Å². The monoisotopic (exact) mass is 289 g/mol. The van der Waals surface area contributed by atoms with Gasteiger partial charge < -0.3 is 10.6 Å². The number of hydrogen-bond donors (Lipinski definition) is 1. The second kappa shape index (κ2) is 7.57. The number of amides is 1. The van der Waals surface area contributed by atoms with Crippen molar-refractivity contribution in [3.05, 3.63) is 35.9 Å². The SMILES string of the molecule is CC(C)[C@H](N)C(=O)N1CCCN(Cc2ccccc2)CC1. The molecule has 1 fully saturated rings. The minimum atomic E-state index is -0.370. The summed E-state index contributed by atoms with van der Waals surface area (Å²) in [6.45, 7) is 8.53. The number of carbonyl (C=O) groups is 1. The van der Waals surface area contributed by atoms with E-state index in [1.165, 1.54) is 5.56 Å². The highest BCUT2D eigenvalue weighted by atomic mass is 16.2. The predicted molar refractivity (Wildman–Crippen MR) is 85.7 cm³/mol. The van der Waals surface area contributed by atoms with Gasteiger partial charge in [-0.25, -0.2) is 0 Å². The molecule has 1 amide bonds. The van der Waals surface area contributed by atoms with Gasteiger partial charge in [-0.15, -0.1) is 0 Å². The average Bonchev–Trinajstić information content (AvgIpc) is 2.72. The molecule has 4 heteroatoms. The van der Waals surface area contributed by atoms with Crippen molar-refractivity contribution in [2.75, 3.05) is 26.2 Å². The Morgan fingerprint density at radius 2 is 1.86 bits per heavy atom. The summed E-state index contributed by atoms with van der Waals surface area (Å²) >= 11 is 0. The predicted octanol–water partition coefficient (Wildman–Crippen LogP) is 1.70. The molecule has 0 aromatic heterocycles. The van der Waals surface area contributed by atoms with Crippen LogP contribution in [0.1, 0.15) is 25.8 Å². The van der Waals surface area contributed by atoms with Crippen molar-refractivity contribution >= 4 is 5.91 Å². The van der Waals surface area contributed by atoms with Crippen LogP contribution in [0.4, 0.5) is 0 Å². The third-order valence-corrected chi connectivity index (χ3v) is 4.15. The lowest BCUT2D eigenvalue weighted by atomic mass is 10.0. The zero-order valence-corrected chi connectivity index (χ0v) is 13.2. The Bertz CT molecular complexity index is 447. The molecule has 0 spiro atoms. The lowest BCUT2D eigenvalue weighted by molar-refractivity contribution is -0.133. The van der Waals surface area contributed by atoms with E-state index >= 15 is 0 Å². The highest BCUT2D eigenvalue weighted by Gasteiger charge is 2.25. The minimum Gasteiger partial charge on any atom is -0.340 e. The molecule has 1 aromatic rings. The van der Waals surface area contributed by atoms with Gasteiger partial charge in [0.05, 0.1) is 6.04 Å². The number of nitrogens with two attached hydrogens (primary N) is 1. The average molecular weight is 289 g/mol. The Hall–Kier alpha value is -1.39. The maximum atomic E-state index is 12.3. The van der Waals surface area contributed by atoms with Crippen molar-refractivity contribution < 1.29 is 4.79 Å². The lowest BCUT2D eigenvalue weighted by Gasteiger charge is -2.26. The fourth-order valence-corrected chi connectivity index (χ4v) is 2.69. The van der Waals surface area contributed by atoms with Crippen LogP contribution in [0.3, 0.4) is 0 Å². The number of carbonyl (C=O) groups excluding carboxylic acids is 1. The van der Waals surface area contributed by atoms with Crippen molar-refractivity contribution in [1.29, 1.82) is 0 Å². The first-order valence-electron chi connectivity index (χ1n) is 7.88. The van der Waals surface area contributed by atoms with Gasteiger partial charge in [0, 0.05) is 32.7 Å². The molecule has 116 valence electrons. The van der Waals surface area contributed by atoms with Crippen LogP contribution in [0.5, 0.6) is 0 Å². The van der Waals surface area contributed by atoms with E-state index in [2.05, 4.69) is 29.2 Å². The number of benzene rings is 1. The third-order valence-electron chi connectivity index (χ3n) is 4.15. The van der Waals surface area contributed by atoms with Crippen molar-refractivity contribution in [2.45, 2.75) is 32.9 Å². The molecule has 21 heavy (non-hydrogen) atoms. The van der Waals surface area contributed by atoms with Crippen molar-refractivity contribution in [3.63, 3.8) is 0 Å². The van der Waals surface area contributed by atoms with Crippen LogP contribution in [0, 0.1) is 5.92 Å².